The topological polar surface area (TPSA) is 73.1 Å². The first-order valence-corrected chi connectivity index (χ1v) is 5.20. The van der Waals surface area contributed by atoms with Gasteiger partial charge in [-0.25, -0.2) is 9.97 Å². The van der Waals surface area contributed by atoms with Crippen LogP contribution in [0, 0.1) is 0 Å². The van der Waals surface area contributed by atoms with Crippen LogP contribution in [0.4, 0.5) is 5.82 Å². The predicted octanol–water partition coefficient (Wildman–Crippen LogP) is 0.562. The van der Waals surface area contributed by atoms with Gasteiger partial charge in [0.2, 0.25) is 0 Å². The highest BCUT2D eigenvalue weighted by atomic mass is 79.9. The first-order valence-electron chi connectivity index (χ1n) is 4.41. The monoisotopic (exact) mass is 258 g/mol. The fourth-order valence-corrected chi connectivity index (χ4v) is 1.60. The summed E-state index contributed by atoms with van der Waals surface area (Å²) >= 11 is 3.22. The first-order chi connectivity index (χ1) is 6.75. The Bertz CT molecular complexity index is 327. The summed E-state index contributed by atoms with van der Waals surface area (Å²) < 4.78 is 6.23. The van der Waals surface area contributed by atoms with E-state index in [-0.39, 0.29) is 6.10 Å². The summed E-state index contributed by atoms with van der Waals surface area (Å²) in [6.07, 6.45) is 2.68. The number of nitrogen functional groups attached to an aromatic ring is 1. The van der Waals surface area contributed by atoms with Crippen molar-refractivity contribution in [3.8, 4) is 5.88 Å². The molecule has 0 spiro atoms. The summed E-state index contributed by atoms with van der Waals surface area (Å²) in [5.74, 6) is 0.744. The van der Waals surface area contributed by atoms with Crippen molar-refractivity contribution in [3.63, 3.8) is 0 Å². The molecule has 0 aromatic carbocycles. The molecule has 0 aliphatic carbocycles. The molecule has 1 aliphatic rings. The molecule has 1 aromatic heterocycles. The van der Waals surface area contributed by atoms with Crippen LogP contribution in [0.5, 0.6) is 5.88 Å². The molecular formula is C8H11BrN4O. The fourth-order valence-electron chi connectivity index (χ4n) is 1.33. The summed E-state index contributed by atoms with van der Waals surface area (Å²) in [5, 5.41) is 3.20. The molecule has 1 atom stereocenters. The number of rotatable bonds is 2. The third kappa shape index (κ3) is 2.13. The summed E-state index contributed by atoms with van der Waals surface area (Å²) in [7, 11) is 0. The van der Waals surface area contributed by atoms with E-state index in [2.05, 4.69) is 31.2 Å². The lowest BCUT2D eigenvalue weighted by Crippen LogP contribution is -2.21. The van der Waals surface area contributed by atoms with E-state index < -0.39 is 0 Å². The molecule has 0 unspecified atom stereocenters. The molecule has 0 saturated carbocycles. The smallest absolute Gasteiger partial charge is 0.258 e. The maximum Gasteiger partial charge on any atom is 0.258 e. The quantitative estimate of drug-likeness (QED) is 0.812. The molecule has 1 aromatic rings. The zero-order chi connectivity index (χ0) is 9.97. The standard InChI is InChI=1S/C8H11BrN4O/c9-6-4-12-7(10)8(13-6)14-5-1-2-11-3-5/h4-5,11H,1-3H2,(H2,10,12)/t5-/m1/s1. The van der Waals surface area contributed by atoms with Crippen LogP contribution in [0.15, 0.2) is 10.8 Å². The van der Waals surface area contributed by atoms with Crippen LogP contribution in [0.2, 0.25) is 0 Å². The van der Waals surface area contributed by atoms with Crippen molar-refractivity contribution in [2.45, 2.75) is 12.5 Å². The van der Waals surface area contributed by atoms with Gasteiger partial charge in [0.15, 0.2) is 5.82 Å². The second-order valence-electron chi connectivity index (χ2n) is 3.12. The first kappa shape index (κ1) is 9.67. The van der Waals surface area contributed by atoms with Gasteiger partial charge >= 0.3 is 0 Å². The Labute approximate surface area is 90.2 Å². The van der Waals surface area contributed by atoms with Gasteiger partial charge in [0.05, 0.1) is 6.20 Å². The third-order valence-corrected chi connectivity index (χ3v) is 2.41. The highest BCUT2D eigenvalue weighted by Crippen LogP contribution is 2.20. The van der Waals surface area contributed by atoms with E-state index in [0.717, 1.165) is 19.5 Å². The van der Waals surface area contributed by atoms with Crippen molar-refractivity contribution in [3.05, 3.63) is 10.8 Å². The molecule has 1 saturated heterocycles. The van der Waals surface area contributed by atoms with Gasteiger partial charge in [0, 0.05) is 6.54 Å². The van der Waals surface area contributed by atoms with Crippen molar-refractivity contribution in [2.24, 2.45) is 0 Å². The van der Waals surface area contributed by atoms with Crippen LogP contribution >= 0.6 is 15.9 Å². The largest absolute Gasteiger partial charge is 0.470 e. The zero-order valence-corrected chi connectivity index (χ0v) is 9.12. The maximum atomic E-state index is 5.63. The molecule has 5 nitrogen and oxygen atoms in total. The summed E-state index contributed by atoms with van der Waals surface area (Å²) in [6.45, 7) is 1.82. The number of hydrogen-bond donors (Lipinski definition) is 2. The van der Waals surface area contributed by atoms with E-state index in [1.54, 1.807) is 6.20 Å². The van der Waals surface area contributed by atoms with Crippen LogP contribution in [0.3, 0.4) is 0 Å². The summed E-state index contributed by atoms with van der Waals surface area (Å²) in [4.78, 5) is 8.06. The van der Waals surface area contributed by atoms with Crippen molar-refractivity contribution in [2.75, 3.05) is 18.8 Å². The Kier molecular flexibility index (Phi) is 2.83. The van der Waals surface area contributed by atoms with Crippen LogP contribution < -0.4 is 15.8 Å². The normalized spacial score (nSPS) is 21.1. The van der Waals surface area contributed by atoms with Crippen molar-refractivity contribution in [1.29, 1.82) is 0 Å². The van der Waals surface area contributed by atoms with Crippen molar-refractivity contribution in [1.82, 2.24) is 15.3 Å². The van der Waals surface area contributed by atoms with Gasteiger partial charge in [-0.2, -0.15) is 0 Å². The van der Waals surface area contributed by atoms with Gasteiger partial charge in [-0.05, 0) is 28.9 Å². The molecule has 0 bridgehead atoms. The third-order valence-electron chi connectivity index (χ3n) is 2.03. The lowest BCUT2D eigenvalue weighted by atomic mass is 10.3. The average Bonchev–Trinajstić information content (AvgIpc) is 2.64. The Morgan fingerprint density at radius 1 is 1.64 bits per heavy atom. The van der Waals surface area contributed by atoms with E-state index in [0.29, 0.717) is 16.3 Å². The van der Waals surface area contributed by atoms with Gasteiger partial charge in [0.25, 0.3) is 5.88 Å². The van der Waals surface area contributed by atoms with Gasteiger partial charge in [-0.15, -0.1) is 0 Å². The fraction of sp³-hybridized carbons (Fsp3) is 0.500. The van der Waals surface area contributed by atoms with Gasteiger partial charge in [-0.3, -0.25) is 0 Å². The average molecular weight is 259 g/mol. The van der Waals surface area contributed by atoms with E-state index in [4.69, 9.17) is 10.5 Å². The number of nitrogens with one attached hydrogen (secondary N) is 1. The molecule has 1 fully saturated rings. The minimum Gasteiger partial charge on any atom is -0.470 e. The highest BCUT2D eigenvalue weighted by Gasteiger charge is 2.18. The Hall–Kier alpha value is -0.880. The molecule has 2 rings (SSSR count). The number of anilines is 1. The lowest BCUT2D eigenvalue weighted by Gasteiger charge is -2.12. The Morgan fingerprint density at radius 2 is 2.50 bits per heavy atom. The summed E-state index contributed by atoms with van der Waals surface area (Å²) in [5.41, 5.74) is 5.63. The molecule has 0 radical (unpaired) electrons. The highest BCUT2D eigenvalue weighted by molar-refractivity contribution is 9.10. The van der Waals surface area contributed by atoms with Crippen LogP contribution in [0.1, 0.15) is 6.42 Å². The molecular weight excluding hydrogens is 248 g/mol. The number of ether oxygens (including phenoxy) is 1. The van der Waals surface area contributed by atoms with E-state index in [1.165, 1.54) is 0 Å². The Morgan fingerprint density at radius 3 is 3.21 bits per heavy atom. The molecule has 14 heavy (non-hydrogen) atoms. The molecule has 3 N–H and O–H groups in total. The van der Waals surface area contributed by atoms with Gasteiger partial charge < -0.3 is 15.8 Å². The molecule has 6 heteroatoms. The molecule has 2 heterocycles. The van der Waals surface area contributed by atoms with E-state index in [1.807, 2.05) is 0 Å². The number of nitrogens with zero attached hydrogens (tertiary/aromatic N) is 2. The van der Waals surface area contributed by atoms with Crippen molar-refractivity contribution < 1.29 is 4.74 Å². The second kappa shape index (κ2) is 4.10. The van der Waals surface area contributed by atoms with Crippen LogP contribution in [0.25, 0.3) is 0 Å². The molecule has 1 aliphatic heterocycles. The van der Waals surface area contributed by atoms with Crippen LogP contribution in [-0.2, 0) is 0 Å². The summed E-state index contributed by atoms with van der Waals surface area (Å²) in [6, 6.07) is 0. The van der Waals surface area contributed by atoms with E-state index >= 15 is 0 Å². The molecule has 0 amide bonds. The SMILES string of the molecule is Nc1ncc(Br)nc1O[C@@H]1CCNC1. The minimum absolute atomic E-state index is 0.154. The van der Waals surface area contributed by atoms with Gasteiger partial charge in [-0.1, -0.05) is 0 Å². The van der Waals surface area contributed by atoms with E-state index in [9.17, 15) is 0 Å². The lowest BCUT2D eigenvalue weighted by molar-refractivity contribution is 0.214. The van der Waals surface area contributed by atoms with Crippen molar-refractivity contribution >= 4 is 21.7 Å². The number of aromatic nitrogens is 2. The second-order valence-corrected chi connectivity index (χ2v) is 3.93. The number of hydrogen-bond acceptors (Lipinski definition) is 5. The number of halogens is 1. The Balaban J connectivity index is 2.10. The van der Waals surface area contributed by atoms with Gasteiger partial charge in [0.1, 0.15) is 10.7 Å². The number of nitrogens with two attached hydrogens (primary N) is 1. The minimum atomic E-state index is 0.154. The molecule has 76 valence electrons. The maximum absolute atomic E-state index is 5.63. The zero-order valence-electron chi connectivity index (χ0n) is 7.53. The predicted molar refractivity (Wildman–Crippen MR) is 56.0 cm³/mol. The van der Waals surface area contributed by atoms with Crippen LogP contribution in [-0.4, -0.2) is 29.2 Å².